The van der Waals surface area contributed by atoms with Gasteiger partial charge in [-0.1, -0.05) is 36.4 Å². The van der Waals surface area contributed by atoms with Gasteiger partial charge in [-0.05, 0) is 36.1 Å². The summed E-state index contributed by atoms with van der Waals surface area (Å²) in [6.45, 7) is 2.02. The van der Waals surface area contributed by atoms with E-state index in [0.717, 1.165) is 24.1 Å². The van der Waals surface area contributed by atoms with Gasteiger partial charge in [-0.3, -0.25) is 9.59 Å². The Balaban J connectivity index is 1.44. The number of amides is 2. The van der Waals surface area contributed by atoms with Crippen LogP contribution >= 0.6 is 0 Å². The second kappa shape index (κ2) is 11.3. The van der Waals surface area contributed by atoms with Crippen molar-refractivity contribution in [1.29, 1.82) is 0 Å². The molecule has 0 bridgehead atoms. The van der Waals surface area contributed by atoms with Crippen LogP contribution in [-0.4, -0.2) is 51.4 Å². The first-order valence-corrected chi connectivity index (χ1v) is 11.7. The van der Waals surface area contributed by atoms with E-state index in [0.29, 0.717) is 37.3 Å². The Bertz CT molecular complexity index is 1160. The molecule has 1 aliphatic heterocycles. The van der Waals surface area contributed by atoms with Crippen molar-refractivity contribution < 1.29 is 19.5 Å². The lowest BCUT2D eigenvalue weighted by Crippen LogP contribution is -2.44. The molecule has 1 atom stereocenters. The average molecular weight is 475 g/mol. The number of aryl methyl sites for hydroxylation is 1. The first-order valence-electron chi connectivity index (χ1n) is 11.7. The van der Waals surface area contributed by atoms with Gasteiger partial charge in [0.05, 0.1) is 6.33 Å². The first kappa shape index (κ1) is 24.0. The van der Waals surface area contributed by atoms with E-state index in [2.05, 4.69) is 15.6 Å². The Morgan fingerprint density at radius 2 is 1.97 bits per heavy atom. The van der Waals surface area contributed by atoms with Crippen LogP contribution in [0, 0.1) is 0 Å². The second-order valence-corrected chi connectivity index (χ2v) is 8.55. The standard InChI is InChI=1S/C26H29N5O4/c32-24(33)16-23-26(35)31(13-9-19-5-2-1-3-6-19)17-21-8-7-20(15-22(21)29-23)25(34)28-10-4-12-30-14-11-27-18-30/h1-3,5-8,11,14-15,18,23,29H,4,9-10,12-13,16-17H2,(H,28,34)(H,32,33)/p-1. The molecule has 3 aromatic rings. The van der Waals surface area contributed by atoms with Crippen LogP contribution in [-0.2, 0) is 29.1 Å². The largest absolute Gasteiger partial charge is 0.550 e. The van der Waals surface area contributed by atoms with Crippen molar-refractivity contribution in [3.63, 3.8) is 0 Å². The summed E-state index contributed by atoms with van der Waals surface area (Å²) in [5, 5.41) is 17.3. The summed E-state index contributed by atoms with van der Waals surface area (Å²) >= 11 is 0. The zero-order valence-corrected chi connectivity index (χ0v) is 19.4. The molecule has 2 amide bonds. The fourth-order valence-corrected chi connectivity index (χ4v) is 4.13. The van der Waals surface area contributed by atoms with E-state index < -0.39 is 18.4 Å². The third kappa shape index (κ3) is 6.47. The van der Waals surface area contributed by atoms with Gasteiger partial charge in [0.1, 0.15) is 6.04 Å². The Morgan fingerprint density at radius 1 is 1.14 bits per heavy atom. The number of aliphatic carboxylic acids is 1. The quantitative estimate of drug-likeness (QED) is 0.426. The number of aromatic nitrogens is 2. The molecule has 1 unspecified atom stereocenters. The number of anilines is 1. The lowest BCUT2D eigenvalue weighted by atomic mass is 10.1. The zero-order valence-electron chi connectivity index (χ0n) is 19.4. The molecule has 35 heavy (non-hydrogen) atoms. The van der Waals surface area contributed by atoms with Gasteiger partial charge in [0.2, 0.25) is 5.91 Å². The maximum absolute atomic E-state index is 13.1. The van der Waals surface area contributed by atoms with Gasteiger partial charge in [-0.2, -0.15) is 0 Å². The van der Waals surface area contributed by atoms with Crippen molar-refractivity contribution in [2.45, 2.75) is 38.4 Å². The molecular formula is C26H28N5O4-. The number of rotatable bonds is 10. The minimum Gasteiger partial charge on any atom is -0.550 e. The van der Waals surface area contributed by atoms with E-state index in [-0.39, 0.29) is 11.8 Å². The Hall–Kier alpha value is -4.14. The monoisotopic (exact) mass is 474 g/mol. The van der Waals surface area contributed by atoms with Crippen LogP contribution in [0.25, 0.3) is 0 Å². The van der Waals surface area contributed by atoms with Crippen LogP contribution in [0.4, 0.5) is 5.69 Å². The van der Waals surface area contributed by atoms with Gasteiger partial charge in [-0.15, -0.1) is 0 Å². The smallest absolute Gasteiger partial charge is 0.251 e. The van der Waals surface area contributed by atoms with Crippen LogP contribution in [0.1, 0.15) is 34.3 Å². The first-order chi connectivity index (χ1) is 17.0. The molecule has 0 saturated heterocycles. The summed E-state index contributed by atoms with van der Waals surface area (Å²) in [6.07, 6.45) is 6.26. The predicted molar refractivity (Wildman–Crippen MR) is 128 cm³/mol. The number of carboxylic acids is 1. The van der Waals surface area contributed by atoms with Gasteiger partial charge in [-0.25, -0.2) is 4.98 Å². The molecule has 2 N–H and O–H groups in total. The van der Waals surface area contributed by atoms with Gasteiger partial charge >= 0.3 is 0 Å². The van der Waals surface area contributed by atoms with E-state index in [1.54, 1.807) is 29.6 Å². The van der Waals surface area contributed by atoms with E-state index in [1.807, 2.05) is 47.2 Å². The highest BCUT2D eigenvalue weighted by Crippen LogP contribution is 2.26. The summed E-state index contributed by atoms with van der Waals surface area (Å²) < 4.78 is 1.94. The van der Waals surface area contributed by atoms with Gasteiger partial charge in [0.25, 0.3) is 5.91 Å². The number of nitrogens with one attached hydrogen (secondary N) is 2. The van der Waals surface area contributed by atoms with Gasteiger partial charge in [0.15, 0.2) is 0 Å². The summed E-state index contributed by atoms with van der Waals surface area (Å²) in [5.74, 6) is -1.84. The number of nitrogens with zero attached hydrogens (tertiary/aromatic N) is 3. The molecule has 0 radical (unpaired) electrons. The molecule has 0 fully saturated rings. The number of carboxylic acid groups (broad SMARTS) is 1. The summed E-state index contributed by atoms with van der Waals surface area (Å²) in [5.41, 5.74) is 2.94. The maximum atomic E-state index is 13.1. The van der Waals surface area contributed by atoms with Crippen molar-refractivity contribution in [3.05, 3.63) is 83.9 Å². The van der Waals surface area contributed by atoms with E-state index in [1.165, 1.54) is 0 Å². The number of hydrogen-bond acceptors (Lipinski definition) is 6. The molecular weight excluding hydrogens is 446 g/mol. The number of fused-ring (bicyclic) bond motifs is 1. The minimum absolute atomic E-state index is 0.229. The number of imidazole rings is 1. The van der Waals surface area contributed by atoms with E-state index >= 15 is 0 Å². The minimum atomic E-state index is -1.31. The van der Waals surface area contributed by atoms with Crippen LogP contribution in [0.3, 0.4) is 0 Å². The number of carbonyl (C=O) groups excluding carboxylic acids is 3. The highest BCUT2D eigenvalue weighted by atomic mass is 16.4. The lowest BCUT2D eigenvalue weighted by Gasteiger charge is -2.25. The Kier molecular flexibility index (Phi) is 7.77. The fourth-order valence-electron chi connectivity index (χ4n) is 4.13. The molecule has 9 nitrogen and oxygen atoms in total. The van der Waals surface area contributed by atoms with Gasteiger partial charge < -0.3 is 30.0 Å². The third-order valence-electron chi connectivity index (χ3n) is 5.99. The molecule has 1 aliphatic rings. The molecule has 9 heteroatoms. The number of carbonyl (C=O) groups is 3. The number of hydrogen-bond donors (Lipinski definition) is 2. The predicted octanol–water partition coefficient (Wildman–Crippen LogP) is 1.21. The van der Waals surface area contributed by atoms with Crippen LogP contribution < -0.4 is 15.7 Å². The number of benzene rings is 2. The highest BCUT2D eigenvalue weighted by molar-refractivity contribution is 5.96. The van der Waals surface area contributed by atoms with Crippen LogP contribution in [0.5, 0.6) is 0 Å². The summed E-state index contributed by atoms with van der Waals surface area (Å²) in [4.78, 5) is 42.8. The highest BCUT2D eigenvalue weighted by Gasteiger charge is 2.29. The van der Waals surface area contributed by atoms with E-state index in [4.69, 9.17) is 0 Å². The van der Waals surface area contributed by atoms with Crippen molar-refractivity contribution in [2.24, 2.45) is 0 Å². The SMILES string of the molecule is O=C([O-])CC1Nc2cc(C(=O)NCCCn3ccnc3)ccc2CN(CCc2ccccc2)C1=O. The zero-order chi connectivity index (χ0) is 24.6. The third-order valence-corrected chi connectivity index (χ3v) is 5.99. The average Bonchev–Trinajstić information content (AvgIpc) is 3.34. The normalized spacial score (nSPS) is 15.1. The second-order valence-electron chi connectivity index (χ2n) is 8.55. The van der Waals surface area contributed by atoms with Crippen molar-refractivity contribution in [3.8, 4) is 0 Å². The van der Waals surface area contributed by atoms with Crippen molar-refractivity contribution in [1.82, 2.24) is 19.8 Å². The van der Waals surface area contributed by atoms with Crippen LogP contribution in [0.2, 0.25) is 0 Å². The topological polar surface area (TPSA) is 119 Å². The van der Waals surface area contributed by atoms with Crippen LogP contribution in [0.15, 0.2) is 67.3 Å². The van der Waals surface area contributed by atoms with Crippen molar-refractivity contribution in [2.75, 3.05) is 18.4 Å². The Morgan fingerprint density at radius 3 is 2.71 bits per heavy atom. The van der Waals surface area contributed by atoms with Crippen molar-refractivity contribution >= 4 is 23.5 Å². The molecule has 0 saturated carbocycles. The maximum Gasteiger partial charge on any atom is 0.251 e. The molecule has 0 aliphatic carbocycles. The summed E-state index contributed by atoms with van der Waals surface area (Å²) in [6, 6.07) is 14.1. The summed E-state index contributed by atoms with van der Waals surface area (Å²) in [7, 11) is 0. The van der Waals surface area contributed by atoms with Gasteiger partial charge in [0, 0.05) is 62.2 Å². The molecule has 0 spiro atoms. The fraction of sp³-hybridized carbons (Fsp3) is 0.308. The molecule has 2 aromatic carbocycles. The van der Waals surface area contributed by atoms with E-state index in [9.17, 15) is 19.5 Å². The molecule has 1 aromatic heterocycles. The molecule has 182 valence electrons. The molecule has 4 rings (SSSR count). The Labute approximate surface area is 203 Å². The lowest BCUT2D eigenvalue weighted by molar-refractivity contribution is -0.305. The molecule has 2 heterocycles.